The molecule has 1 N–H and O–H groups in total. The monoisotopic (exact) mass is 316 g/mol. The largest absolute Gasteiger partial charge is 0.353 e. The summed E-state index contributed by atoms with van der Waals surface area (Å²) in [6.07, 6.45) is 2.93. The molecule has 0 radical (unpaired) electrons. The maximum Gasteiger partial charge on any atom is 0.226 e. The Morgan fingerprint density at radius 2 is 2.00 bits per heavy atom. The Morgan fingerprint density at radius 1 is 1.30 bits per heavy atom. The van der Waals surface area contributed by atoms with Gasteiger partial charge < -0.3 is 10.2 Å². The van der Waals surface area contributed by atoms with Crippen molar-refractivity contribution in [1.82, 2.24) is 10.2 Å². The summed E-state index contributed by atoms with van der Waals surface area (Å²) in [6, 6.07) is 8.31. The van der Waals surface area contributed by atoms with Gasteiger partial charge in [0, 0.05) is 25.0 Å². The second-order valence-corrected chi connectivity index (χ2v) is 6.64. The summed E-state index contributed by atoms with van der Waals surface area (Å²) in [5.74, 6) is 0.355. The van der Waals surface area contributed by atoms with E-state index in [0.717, 1.165) is 24.8 Å². The van der Waals surface area contributed by atoms with Crippen LogP contribution < -0.4 is 5.32 Å². The van der Waals surface area contributed by atoms with Gasteiger partial charge in [-0.3, -0.25) is 9.59 Å². The number of carbonyl (C=O) groups is 2. The fraction of sp³-hybridized carbons (Fsp3) is 0.579. The highest BCUT2D eigenvalue weighted by Crippen LogP contribution is 2.19. The van der Waals surface area contributed by atoms with E-state index in [-0.39, 0.29) is 23.8 Å². The van der Waals surface area contributed by atoms with Gasteiger partial charge in [0.2, 0.25) is 11.8 Å². The van der Waals surface area contributed by atoms with Crippen molar-refractivity contribution in [2.45, 2.75) is 52.5 Å². The van der Waals surface area contributed by atoms with Crippen molar-refractivity contribution in [2.24, 2.45) is 5.92 Å². The van der Waals surface area contributed by atoms with Gasteiger partial charge >= 0.3 is 0 Å². The number of rotatable bonds is 5. The lowest BCUT2D eigenvalue weighted by molar-refractivity contribution is -0.135. The third kappa shape index (κ3) is 5.08. The van der Waals surface area contributed by atoms with Gasteiger partial charge in [-0.05, 0) is 38.7 Å². The number of benzene rings is 1. The molecule has 1 aromatic rings. The number of amides is 2. The topological polar surface area (TPSA) is 49.4 Å². The standard InChI is InChI=1S/C19H28N2O2/c1-4-15(3)20-19(23)17-8-10-21(11-9-17)18(22)13-16-7-5-6-14(2)12-16/h5-7,12,15,17H,4,8-11,13H2,1-3H3,(H,20,23). The SMILES string of the molecule is CCC(C)NC(=O)C1CCN(C(=O)Cc2cccc(C)c2)CC1. The van der Waals surface area contributed by atoms with Gasteiger partial charge in [0.05, 0.1) is 6.42 Å². The van der Waals surface area contributed by atoms with Crippen molar-refractivity contribution in [2.75, 3.05) is 13.1 Å². The summed E-state index contributed by atoms with van der Waals surface area (Å²) in [7, 11) is 0. The molecule has 2 rings (SSSR count). The smallest absolute Gasteiger partial charge is 0.226 e. The molecule has 0 spiro atoms. The van der Waals surface area contributed by atoms with Gasteiger partial charge in [0.1, 0.15) is 0 Å². The molecule has 1 heterocycles. The zero-order valence-electron chi connectivity index (χ0n) is 14.5. The maximum atomic E-state index is 12.4. The maximum absolute atomic E-state index is 12.4. The van der Waals surface area contributed by atoms with Crippen molar-refractivity contribution >= 4 is 11.8 Å². The van der Waals surface area contributed by atoms with Crippen molar-refractivity contribution in [1.29, 1.82) is 0 Å². The molecule has 0 aromatic heterocycles. The third-order valence-electron chi connectivity index (χ3n) is 4.66. The molecule has 1 aromatic carbocycles. The summed E-state index contributed by atoms with van der Waals surface area (Å²) in [5, 5.41) is 3.05. The molecule has 1 aliphatic rings. The predicted molar refractivity (Wildman–Crippen MR) is 92.1 cm³/mol. The Hall–Kier alpha value is -1.84. The first-order valence-electron chi connectivity index (χ1n) is 8.63. The van der Waals surface area contributed by atoms with E-state index in [2.05, 4.69) is 18.3 Å². The average Bonchev–Trinajstić information content (AvgIpc) is 2.54. The van der Waals surface area contributed by atoms with Crippen LogP contribution >= 0.6 is 0 Å². The second-order valence-electron chi connectivity index (χ2n) is 6.64. The fourth-order valence-electron chi connectivity index (χ4n) is 2.96. The predicted octanol–water partition coefficient (Wildman–Crippen LogP) is 2.69. The van der Waals surface area contributed by atoms with Gasteiger partial charge in [0.15, 0.2) is 0 Å². The first kappa shape index (κ1) is 17.5. The van der Waals surface area contributed by atoms with Crippen molar-refractivity contribution in [3.05, 3.63) is 35.4 Å². The highest BCUT2D eigenvalue weighted by Gasteiger charge is 2.27. The Balaban J connectivity index is 1.82. The van der Waals surface area contributed by atoms with Gasteiger partial charge in [-0.25, -0.2) is 0 Å². The van der Waals surface area contributed by atoms with Crippen LogP contribution in [0.2, 0.25) is 0 Å². The molecule has 23 heavy (non-hydrogen) atoms. The van der Waals surface area contributed by atoms with E-state index in [0.29, 0.717) is 19.5 Å². The number of likely N-dealkylation sites (tertiary alicyclic amines) is 1. The van der Waals surface area contributed by atoms with Crippen LogP contribution in [0.5, 0.6) is 0 Å². The zero-order valence-corrected chi connectivity index (χ0v) is 14.5. The first-order chi connectivity index (χ1) is 11.0. The molecule has 4 heteroatoms. The van der Waals surface area contributed by atoms with Crippen molar-refractivity contribution < 1.29 is 9.59 Å². The van der Waals surface area contributed by atoms with Gasteiger partial charge in [0.25, 0.3) is 0 Å². The number of aryl methyl sites for hydroxylation is 1. The van der Waals surface area contributed by atoms with E-state index in [9.17, 15) is 9.59 Å². The lowest BCUT2D eigenvalue weighted by Crippen LogP contribution is -2.45. The van der Waals surface area contributed by atoms with E-state index in [1.165, 1.54) is 5.56 Å². The summed E-state index contributed by atoms with van der Waals surface area (Å²) in [5.41, 5.74) is 2.24. The Labute approximate surface area is 139 Å². The minimum Gasteiger partial charge on any atom is -0.353 e. The molecule has 4 nitrogen and oxygen atoms in total. The Bertz CT molecular complexity index is 548. The Kier molecular flexibility index (Phi) is 6.20. The molecule has 0 bridgehead atoms. The molecule has 1 aliphatic heterocycles. The number of hydrogen-bond donors (Lipinski definition) is 1. The second kappa shape index (κ2) is 8.14. The highest BCUT2D eigenvalue weighted by molar-refractivity contribution is 5.81. The number of hydrogen-bond acceptors (Lipinski definition) is 2. The van der Waals surface area contributed by atoms with E-state index < -0.39 is 0 Å². The summed E-state index contributed by atoms with van der Waals surface area (Å²) >= 11 is 0. The number of nitrogens with zero attached hydrogens (tertiary/aromatic N) is 1. The van der Waals surface area contributed by atoms with Crippen molar-refractivity contribution in [3.8, 4) is 0 Å². The summed E-state index contributed by atoms with van der Waals surface area (Å²) < 4.78 is 0. The van der Waals surface area contributed by atoms with E-state index in [1.54, 1.807) is 0 Å². The minimum atomic E-state index is 0.0482. The molecule has 1 fully saturated rings. The van der Waals surface area contributed by atoms with E-state index in [1.807, 2.05) is 36.9 Å². The van der Waals surface area contributed by atoms with Crippen LogP contribution in [0.1, 0.15) is 44.2 Å². The van der Waals surface area contributed by atoms with Gasteiger partial charge in [-0.2, -0.15) is 0 Å². The molecule has 2 amide bonds. The summed E-state index contributed by atoms with van der Waals surface area (Å²) in [6.45, 7) is 7.50. The first-order valence-corrected chi connectivity index (χ1v) is 8.63. The van der Waals surface area contributed by atoms with Crippen LogP contribution in [-0.4, -0.2) is 35.8 Å². The number of nitrogens with one attached hydrogen (secondary N) is 1. The minimum absolute atomic E-state index is 0.0482. The molecule has 1 atom stereocenters. The van der Waals surface area contributed by atoms with E-state index >= 15 is 0 Å². The Morgan fingerprint density at radius 3 is 2.61 bits per heavy atom. The lowest BCUT2D eigenvalue weighted by Gasteiger charge is -2.32. The lowest BCUT2D eigenvalue weighted by atomic mass is 9.95. The van der Waals surface area contributed by atoms with Gasteiger partial charge in [-0.15, -0.1) is 0 Å². The van der Waals surface area contributed by atoms with E-state index in [4.69, 9.17) is 0 Å². The molecular weight excluding hydrogens is 288 g/mol. The van der Waals surface area contributed by atoms with Crippen LogP contribution in [0, 0.1) is 12.8 Å². The highest BCUT2D eigenvalue weighted by atomic mass is 16.2. The van der Waals surface area contributed by atoms with Gasteiger partial charge in [-0.1, -0.05) is 36.8 Å². The molecule has 1 saturated heterocycles. The van der Waals surface area contributed by atoms with Crippen LogP contribution in [-0.2, 0) is 16.0 Å². The quantitative estimate of drug-likeness (QED) is 0.908. The van der Waals surface area contributed by atoms with Crippen LogP contribution in [0.15, 0.2) is 24.3 Å². The number of carbonyl (C=O) groups excluding carboxylic acids is 2. The molecule has 0 aliphatic carbocycles. The molecule has 126 valence electrons. The number of piperidine rings is 1. The summed E-state index contributed by atoms with van der Waals surface area (Å²) in [4.78, 5) is 26.5. The zero-order chi connectivity index (χ0) is 16.8. The fourth-order valence-corrected chi connectivity index (χ4v) is 2.96. The normalized spacial score (nSPS) is 16.9. The third-order valence-corrected chi connectivity index (χ3v) is 4.66. The molecule has 1 unspecified atom stereocenters. The van der Waals surface area contributed by atoms with Crippen LogP contribution in [0.4, 0.5) is 0 Å². The molecule has 0 saturated carbocycles. The average molecular weight is 316 g/mol. The van der Waals surface area contributed by atoms with Crippen LogP contribution in [0.25, 0.3) is 0 Å². The van der Waals surface area contributed by atoms with Crippen LogP contribution in [0.3, 0.4) is 0 Å². The van der Waals surface area contributed by atoms with Crippen molar-refractivity contribution in [3.63, 3.8) is 0 Å². The molecular formula is C19H28N2O2.